The lowest BCUT2D eigenvalue weighted by Gasteiger charge is -2.27. The van der Waals surface area contributed by atoms with Crippen LogP contribution in [0, 0.1) is 0 Å². The first-order valence-electron chi connectivity index (χ1n) is 4.32. The van der Waals surface area contributed by atoms with Crippen molar-refractivity contribution >= 4 is 11.6 Å². The first kappa shape index (κ1) is 10.7. The summed E-state index contributed by atoms with van der Waals surface area (Å²) < 4.78 is 0. The van der Waals surface area contributed by atoms with Gasteiger partial charge in [0.1, 0.15) is 0 Å². The van der Waals surface area contributed by atoms with Gasteiger partial charge in [-0.05, 0) is 25.0 Å². The quantitative estimate of drug-likeness (QED) is 0.367. The lowest BCUT2D eigenvalue weighted by atomic mass is 9.79. The van der Waals surface area contributed by atoms with Crippen LogP contribution in [0.4, 0.5) is 0 Å². The van der Waals surface area contributed by atoms with E-state index < -0.39 is 17.2 Å². The number of aliphatic hydroxyl groups excluding tert-OH is 1. The second-order valence-corrected chi connectivity index (χ2v) is 3.28. The molecule has 0 spiro atoms. The number of allylic oxidation sites excluding steroid dienone is 1. The summed E-state index contributed by atoms with van der Waals surface area (Å²) >= 11 is 0. The van der Waals surface area contributed by atoms with E-state index in [0.717, 1.165) is 0 Å². The number of hydrogen-bond donors (Lipinski definition) is 2. The van der Waals surface area contributed by atoms with Gasteiger partial charge in [-0.3, -0.25) is 9.59 Å². The molecule has 2 N–H and O–H groups in total. The lowest BCUT2D eigenvalue weighted by molar-refractivity contribution is -0.146. The highest BCUT2D eigenvalue weighted by molar-refractivity contribution is 6.25. The minimum Gasteiger partial charge on any atom is -0.515 e. The molecule has 1 aliphatic carbocycles. The van der Waals surface area contributed by atoms with Gasteiger partial charge in [0.2, 0.25) is 5.78 Å². The predicted molar refractivity (Wildman–Crippen MR) is 49.7 cm³/mol. The zero-order valence-corrected chi connectivity index (χ0v) is 8.07. The molecule has 4 nitrogen and oxygen atoms in total. The molecule has 0 aromatic carbocycles. The van der Waals surface area contributed by atoms with E-state index in [4.69, 9.17) is 5.11 Å². The molecular formula is C10H12O4. The molecule has 0 bridgehead atoms. The molecule has 1 aliphatic rings. The number of hydrogen-bond acceptors (Lipinski definition) is 4. The topological polar surface area (TPSA) is 74.6 Å². The van der Waals surface area contributed by atoms with Crippen LogP contribution in [0.3, 0.4) is 0 Å². The Labute approximate surface area is 81.6 Å². The van der Waals surface area contributed by atoms with E-state index in [2.05, 4.69) is 0 Å². The van der Waals surface area contributed by atoms with Gasteiger partial charge in [-0.25, -0.2) is 0 Å². The Hall–Kier alpha value is -1.42. The molecule has 4 heteroatoms. The van der Waals surface area contributed by atoms with Gasteiger partial charge < -0.3 is 10.2 Å². The predicted octanol–water partition coefficient (Wildman–Crippen LogP) is 0.667. The number of rotatable bonds is 1. The minimum atomic E-state index is -1.99. The summed E-state index contributed by atoms with van der Waals surface area (Å²) in [6.45, 7) is 3.08. The Balaban J connectivity index is 3.32. The zero-order chi connectivity index (χ0) is 10.9. The molecule has 76 valence electrons. The van der Waals surface area contributed by atoms with Crippen LogP contribution < -0.4 is 0 Å². The second kappa shape index (κ2) is 3.38. The minimum absolute atomic E-state index is 0.00560. The van der Waals surface area contributed by atoms with Crippen LogP contribution in [-0.4, -0.2) is 27.4 Å². The largest absolute Gasteiger partial charge is 0.515 e. The van der Waals surface area contributed by atoms with Crippen molar-refractivity contribution in [2.45, 2.75) is 25.9 Å². The smallest absolute Gasteiger partial charge is 0.205 e. The van der Waals surface area contributed by atoms with Crippen LogP contribution in [0.15, 0.2) is 23.5 Å². The Morgan fingerprint density at radius 1 is 1.50 bits per heavy atom. The summed E-state index contributed by atoms with van der Waals surface area (Å²) in [5.74, 6) is -1.35. The molecule has 0 aromatic heterocycles. The molecular weight excluding hydrogens is 184 g/mol. The molecule has 0 radical (unpaired) electrons. The highest BCUT2D eigenvalue weighted by Crippen LogP contribution is 2.27. The third-order valence-corrected chi connectivity index (χ3v) is 2.44. The average molecular weight is 196 g/mol. The Morgan fingerprint density at radius 3 is 2.50 bits per heavy atom. The van der Waals surface area contributed by atoms with Crippen LogP contribution in [0.25, 0.3) is 0 Å². The number of carbonyl (C=O) groups excluding carboxylic acids is 2. The molecule has 0 saturated heterocycles. The first-order valence-corrected chi connectivity index (χ1v) is 4.32. The van der Waals surface area contributed by atoms with Crippen LogP contribution in [0.2, 0.25) is 0 Å². The van der Waals surface area contributed by atoms with Crippen molar-refractivity contribution in [3.8, 4) is 0 Å². The average Bonchev–Trinajstić information content (AvgIpc) is 2.15. The van der Waals surface area contributed by atoms with Crippen LogP contribution >= 0.6 is 0 Å². The van der Waals surface area contributed by atoms with Crippen molar-refractivity contribution in [2.75, 3.05) is 0 Å². The van der Waals surface area contributed by atoms with Gasteiger partial charge in [-0.15, -0.1) is 0 Å². The van der Waals surface area contributed by atoms with Crippen LogP contribution in [0.5, 0.6) is 0 Å². The highest BCUT2D eigenvalue weighted by Gasteiger charge is 2.45. The fourth-order valence-corrected chi connectivity index (χ4v) is 1.40. The molecule has 0 unspecified atom stereocenters. The maximum Gasteiger partial charge on any atom is 0.205 e. The van der Waals surface area contributed by atoms with Gasteiger partial charge in [-0.1, -0.05) is 6.92 Å². The van der Waals surface area contributed by atoms with E-state index in [1.54, 1.807) is 6.92 Å². The van der Waals surface area contributed by atoms with Crippen LogP contribution in [0.1, 0.15) is 20.3 Å². The summed E-state index contributed by atoms with van der Waals surface area (Å²) in [5.41, 5.74) is -1.62. The fourth-order valence-electron chi connectivity index (χ4n) is 1.40. The number of carbonyl (C=O) groups is 2. The van der Waals surface area contributed by atoms with Gasteiger partial charge in [0.15, 0.2) is 11.4 Å². The Morgan fingerprint density at radius 2 is 2.07 bits per heavy atom. The van der Waals surface area contributed by atoms with E-state index in [0.29, 0.717) is 11.8 Å². The van der Waals surface area contributed by atoms with Crippen molar-refractivity contribution < 1.29 is 19.8 Å². The number of aliphatic hydroxyl groups is 2. The van der Waals surface area contributed by atoms with Crippen molar-refractivity contribution in [1.29, 1.82) is 0 Å². The van der Waals surface area contributed by atoms with Crippen molar-refractivity contribution in [3.63, 3.8) is 0 Å². The molecule has 1 rings (SSSR count). The summed E-state index contributed by atoms with van der Waals surface area (Å²) in [7, 11) is 0. The SMILES string of the molecule is CC[C@@]1(O)C(=O)C=C(C)/C(=C/O)C1=O. The second-order valence-electron chi connectivity index (χ2n) is 3.28. The molecule has 0 heterocycles. The van der Waals surface area contributed by atoms with E-state index in [1.807, 2.05) is 0 Å². The van der Waals surface area contributed by atoms with Crippen molar-refractivity contribution in [2.24, 2.45) is 0 Å². The Bertz CT molecular complexity index is 351. The maximum absolute atomic E-state index is 11.6. The fraction of sp³-hybridized carbons (Fsp3) is 0.400. The molecule has 0 aromatic rings. The normalized spacial score (nSPS) is 30.8. The monoisotopic (exact) mass is 196 g/mol. The first-order chi connectivity index (χ1) is 6.47. The maximum atomic E-state index is 11.6. The molecule has 0 fully saturated rings. The molecule has 14 heavy (non-hydrogen) atoms. The van der Waals surface area contributed by atoms with Crippen molar-refractivity contribution in [3.05, 3.63) is 23.5 Å². The van der Waals surface area contributed by atoms with Crippen LogP contribution in [-0.2, 0) is 9.59 Å². The third-order valence-electron chi connectivity index (χ3n) is 2.44. The third kappa shape index (κ3) is 1.28. The summed E-state index contributed by atoms with van der Waals surface area (Å²) in [6, 6.07) is 0. The van der Waals surface area contributed by atoms with Gasteiger partial charge in [-0.2, -0.15) is 0 Å². The van der Waals surface area contributed by atoms with Gasteiger partial charge in [0.25, 0.3) is 0 Å². The zero-order valence-electron chi connectivity index (χ0n) is 8.07. The summed E-state index contributed by atoms with van der Waals surface area (Å²) in [5, 5.41) is 18.5. The van der Waals surface area contributed by atoms with E-state index in [9.17, 15) is 14.7 Å². The number of Topliss-reactive ketones (excluding diaryl/α,β-unsaturated/α-hetero) is 1. The summed E-state index contributed by atoms with van der Waals surface area (Å²) in [4.78, 5) is 23.0. The van der Waals surface area contributed by atoms with Crippen molar-refractivity contribution in [1.82, 2.24) is 0 Å². The van der Waals surface area contributed by atoms with Gasteiger partial charge >= 0.3 is 0 Å². The van der Waals surface area contributed by atoms with Gasteiger partial charge in [0, 0.05) is 0 Å². The summed E-state index contributed by atoms with van der Waals surface area (Å²) in [6.07, 6.45) is 1.81. The Kier molecular flexibility index (Phi) is 2.57. The lowest BCUT2D eigenvalue weighted by Crippen LogP contribution is -2.48. The standard InChI is InChI=1S/C10H12O4/c1-3-10(14)8(12)4-6(2)7(5-11)9(10)13/h4-5,11,14H,3H2,1-2H3/b7-5-/t10-/m1/s1. The molecule has 1 atom stereocenters. The van der Waals surface area contributed by atoms with E-state index >= 15 is 0 Å². The molecule has 0 saturated carbocycles. The highest BCUT2D eigenvalue weighted by atomic mass is 16.3. The van der Waals surface area contributed by atoms with E-state index in [-0.39, 0.29) is 12.0 Å². The van der Waals surface area contributed by atoms with Gasteiger partial charge in [0.05, 0.1) is 11.8 Å². The van der Waals surface area contributed by atoms with E-state index in [1.165, 1.54) is 13.0 Å². The number of ketones is 2. The molecule has 0 aliphatic heterocycles. The molecule has 0 amide bonds.